The maximum absolute atomic E-state index is 11.2. The number of rotatable bonds is 6. The highest BCUT2D eigenvalue weighted by Gasteiger charge is 2.14. The summed E-state index contributed by atoms with van der Waals surface area (Å²) in [7, 11) is -15.1. The van der Waals surface area contributed by atoms with E-state index in [0.29, 0.717) is 18.2 Å². The molecular weight excluding hydrogens is 691 g/mol. The molecule has 15 heteroatoms. The molecule has 3 heterocycles. The smallest absolute Gasteiger partial charge is 0.171 e. The van der Waals surface area contributed by atoms with E-state index in [4.69, 9.17) is 0 Å². The van der Waals surface area contributed by atoms with Gasteiger partial charge in [0.2, 0.25) is 0 Å². The molecule has 0 unspecified atom stereocenters. The van der Waals surface area contributed by atoms with Crippen LogP contribution in [0.15, 0.2) is 119 Å². The molecule has 0 atom stereocenters. The number of hydrogen-bond donors (Lipinski definition) is 0. The maximum atomic E-state index is 11.2. The van der Waals surface area contributed by atoms with Crippen LogP contribution in [-0.4, -0.2) is 38.9 Å². The molecule has 0 aliphatic carbocycles. The molecule has 3 aromatic heterocycles. The Hall–Kier alpha value is -4.12. The molecule has 12 nitrogen and oxygen atoms in total. The van der Waals surface area contributed by atoms with Gasteiger partial charge < -0.3 is 13.7 Å². The molecule has 0 aliphatic heterocycles. The Labute approximate surface area is 289 Å². The lowest BCUT2D eigenvalue weighted by Gasteiger charge is -2.16. The summed E-state index contributed by atoms with van der Waals surface area (Å²) in [5.74, 6) is 0. The number of pyridine rings is 3. The van der Waals surface area contributed by atoms with Crippen LogP contribution in [0.1, 0.15) is 37.5 Å². The predicted molar refractivity (Wildman–Crippen MR) is 179 cm³/mol. The number of fused-ring (bicyclic) bond motifs is 1. The van der Waals surface area contributed by atoms with E-state index in [2.05, 4.69) is 129 Å². The van der Waals surface area contributed by atoms with Gasteiger partial charge in [-0.25, -0.2) is 39.0 Å². The third-order valence-electron chi connectivity index (χ3n) is 6.82. The van der Waals surface area contributed by atoms with E-state index >= 15 is 0 Å². The Bertz CT molecular complexity index is 2090. The van der Waals surface area contributed by atoms with Gasteiger partial charge in [0.25, 0.3) is 0 Å². The Morgan fingerprint density at radius 2 is 0.878 bits per heavy atom. The van der Waals surface area contributed by atoms with Crippen molar-refractivity contribution in [2.75, 3.05) is 0 Å². The van der Waals surface area contributed by atoms with Gasteiger partial charge in [0.05, 0.1) is 14.7 Å². The third kappa shape index (κ3) is 13.7. The molecule has 0 saturated heterocycles. The standard InChI is InChI=1S/C10H8O9S3.3C8H12N/c11-20(12,13)7-1-2-9-6(3-7)4-8(21(14,15)16)5-10(9)22(17,18)19;3*1-3-9-6-4-5-8(2)7-9/h1-5H,(H,11,12,13)(H,14,15,16)(H,17,18,19);3*4-7H,3H2,1-2H3/q;3*+1/p-3. The summed E-state index contributed by atoms with van der Waals surface area (Å²) in [5.41, 5.74) is 3.96. The van der Waals surface area contributed by atoms with Gasteiger partial charge in [-0.05, 0) is 94.8 Å². The second-order valence-corrected chi connectivity index (χ2v) is 14.9. The van der Waals surface area contributed by atoms with Crippen molar-refractivity contribution >= 4 is 41.1 Å². The minimum absolute atomic E-state index is 0.310. The number of nitrogens with zero attached hydrogens (tertiary/aromatic N) is 3. The van der Waals surface area contributed by atoms with Crippen molar-refractivity contribution in [3.8, 4) is 0 Å². The lowest BCUT2D eigenvalue weighted by atomic mass is 10.1. The molecule has 264 valence electrons. The van der Waals surface area contributed by atoms with Crippen LogP contribution in [0.3, 0.4) is 0 Å². The van der Waals surface area contributed by atoms with Crippen molar-refractivity contribution in [2.24, 2.45) is 0 Å². The molecule has 0 amide bonds. The highest BCUT2D eigenvalue weighted by atomic mass is 32.2. The quantitative estimate of drug-likeness (QED) is 0.187. The molecule has 2 aromatic carbocycles. The summed E-state index contributed by atoms with van der Waals surface area (Å²) >= 11 is 0. The topological polar surface area (TPSA) is 183 Å². The third-order valence-corrected chi connectivity index (χ3v) is 9.34. The van der Waals surface area contributed by atoms with Crippen molar-refractivity contribution in [3.05, 3.63) is 121 Å². The first kappa shape index (κ1) is 41.1. The van der Waals surface area contributed by atoms with Crippen LogP contribution >= 0.6 is 0 Å². The fourth-order valence-corrected chi connectivity index (χ4v) is 6.18. The van der Waals surface area contributed by atoms with Gasteiger partial charge in [-0.3, -0.25) is 0 Å². The zero-order valence-electron chi connectivity index (χ0n) is 28.2. The lowest BCUT2D eigenvalue weighted by Crippen LogP contribution is -2.30. The molecule has 0 N–H and O–H groups in total. The maximum Gasteiger partial charge on any atom is 0.171 e. The normalized spacial score (nSPS) is 11.3. The van der Waals surface area contributed by atoms with E-state index in [1.165, 1.54) is 16.7 Å². The minimum Gasteiger partial charge on any atom is -0.744 e. The van der Waals surface area contributed by atoms with Crippen LogP contribution in [0.4, 0.5) is 0 Å². The highest BCUT2D eigenvalue weighted by Crippen LogP contribution is 2.29. The van der Waals surface area contributed by atoms with Crippen molar-refractivity contribution in [1.82, 2.24) is 0 Å². The van der Waals surface area contributed by atoms with E-state index < -0.39 is 45.0 Å². The zero-order chi connectivity index (χ0) is 37.0. The summed E-state index contributed by atoms with van der Waals surface area (Å²) in [6.45, 7) is 15.9. The van der Waals surface area contributed by atoms with Crippen LogP contribution in [-0.2, 0) is 50.0 Å². The molecular formula is C34H41N3O9S3. The summed E-state index contributed by atoms with van der Waals surface area (Å²) in [5, 5.41) is -0.668. The Morgan fingerprint density at radius 1 is 0.510 bits per heavy atom. The minimum atomic E-state index is -5.14. The second kappa shape index (κ2) is 18.0. The fraction of sp³-hybridized carbons (Fsp3) is 0.265. The zero-order valence-corrected chi connectivity index (χ0v) is 30.6. The Balaban J connectivity index is 0.000000254. The lowest BCUT2D eigenvalue weighted by molar-refractivity contribution is -0.694. The average Bonchev–Trinajstić information content (AvgIpc) is 3.03. The average molecular weight is 732 g/mol. The second-order valence-electron chi connectivity index (χ2n) is 10.8. The Kier molecular flexibility index (Phi) is 15.1. The number of aryl methyl sites for hydroxylation is 6. The summed E-state index contributed by atoms with van der Waals surface area (Å²) in [6.07, 6.45) is 12.6. The molecule has 0 bridgehead atoms. The van der Waals surface area contributed by atoms with E-state index in [1.54, 1.807) is 0 Å². The predicted octanol–water partition coefficient (Wildman–Crippen LogP) is 3.46. The van der Waals surface area contributed by atoms with Crippen molar-refractivity contribution in [3.63, 3.8) is 0 Å². The van der Waals surface area contributed by atoms with E-state index in [-0.39, 0.29) is 10.8 Å². The molecule has 0 saturated carbocycles. The van der Waals surface area contributed by atoms with E-state index in [0.717, 1.165) is 31.8 Å². The van der Waals surface area contributed by atoms with Crippen LogP contribution in [0.25, 0.3) is 10.8 Å². The summed E-state index contributed by atoms with van der Waals surface area (Å²) in [6, 6.07) is 15.9. The van der Waals surface area contributed by atoms with Crippen LogP contribution in [0.5, 0.6) is 0 Å². The van der Waals surface area contributed by atoms with Gasteiger partial charge in [0.1, 0.15) is 50.0 Å². The largest absolute Gasteiger partial charge is 0.744 e. The number of hydrogen-bond acceptors (Lipinski definition) is 9. The highest BCUT2D eigenvalue weighted by molar-refractivity contribution is 7.86. The summed E-state index contributed by atoms with van der Waals surface area (Å²) < 4.78 is 106. The fourth-order valence-electron chi connectivity index (χ4n) is 4.34. The Morgan fingerprint density at radius 3 is 1.16 bits per heavy atom. The van der Waals surface area contributed by atoms with Crippen LogP contribution in [0.2, 0.25) is 0 Å². The van der Waals surface area contributed by atoms with Crippen molar-refractivity contribution in [2.45, 2.75) is 75.9 Å². The van der Waals surface area contributed by atoms with Gasteiger partial charge in [-0.1, -0.05) is 6.07 Å². The molecule has 0 aliphatic rings. The molecule has 5 aromatic rings. The van der Waals surface area contributed by atoms with Gasteiger partial charge in [0, 0.05) is 34.9 Å². The molecule has 0 radical (unpaired) electrons. The van der Waals surface area contributed by atoms with Gasteiger partial charge in [0.15, 0.2) is 37.2 Å². The first-order chi connectivity index (χ1) is 22.8. The van der Waals surface area contributed by atoms with E-state index in [1.807, 2.05) is 0 Å². The summed E-state index contributed by atoms with van der Waals surface area (Å²) in [4.78, 5) is -2.81. The van der Waals surface area contributed by atoms with Crippen LogP contribution < -0.4 is 13.7 Å². The van der Waals surface area contributed by atoms with E-state index in [9.17, 15) is 38.9 Å². The molecule has 0 spiro atoms. The van der Waals surface area contributed by atoms with Gasteiger partial charge >= 0.3 is 0 Å². The first-order valence-electron chi connectivity index (χ1n) is 15.1. The van der Waals surface area contributed by atoms with Crippen molar-refractivity contribution in [1.29, 1.82) is 0 Å². The SMILES string of the molecule is CC[n+]1cccc(C)c1.CC[n+]1cccc(C)c1.CC[n+]1cccc(C)c1.O=S(=O)([O-])c1ccc2c(S(=O)(=O)[O-])cc(S(=O)(=O)[O-])cc2c1. The number of aromatic nitrogens is 3. The molecule has 49 heavy (non-hydrogen) atoms. The number of benzene rings is 2. The van der Waals surface area contributed by atoms with Crippen LogP contribution in [0, 0.1) is 20.8 Å². The van der Waals surface area contributed by atoms with Crippen molar-refractivity contribution < 1.29 is 52.6 Å². The first-order valence-corrected chi connectivity index (χ1v) is 19.3. The van der Waals surface area contributed by atoms with Gasteiger partial charge in [-0.15, -0.1) is 0 Å². The van der Waals surface area contributed by atoms with Gasteiger partial charge in [-0.2, -0.15) is 0 Å². The molecule has 5 rings (SSSR count). The monoisotopic (exact) mass is 731 g/mol. The molecule has 0 fully saturated rings.